The van der Waals surface area contributed by atoms with Crippen LogP contribution in [-0.4, -0.2) is 23.3 Å². The van der Waals surface area contributed by atoms with Gasteiger partial charge in [0.05, 0.1) is 9.80 Å². The molecular formula is C11H15ClN2O3S. The molecule has 1 amide bonds. The Balaban J connectivity index is 2.57. The molecule has 5 nitrogen and oxygen atoms in total. The lowest BCUT2D eigenvalue weighted by molar-refractivity contribution is -0.380. The highest BCUT2D eigenvalue weighted by Crippen LogP contribution is 2.24. The molecule has 100 valence electrons. The number of hydrogen-bond donors (Lipinski definition) is 1. The van der Waals surface area contributed by atoms with E-state index in [4.69, 9.17) is 11.6 Å². The fourth-order valence-corrected chi connectivity index (χ4v) is 2.55. The lowest BCUT2D eigenvalue weighted by Gasteiger charge is -2.23. The summed E-state index contributed by atoms with van der Waals surface area (Å²) in [5, 5.41) is 13.2. The Kier molecular flexibility index (Phi) is 5.10. The Hall–Kier alpha value is -1.14. The second-order valence-corrected chi connectivity index (χ2v) is 6.12. The maximum atomic E-state index is 11.8. The van der Waals surface area contributed by atoms with E-state index < -0.39 is 4.92 Å². The minimum absolute atomic E-state index is 0.0276. The molecule has 0 saturated carbocycles. The third kappa shape index (κ3) is 4.27. The number of nitrogens with one attached hydrogen (secondary N) is 1. The van der Waals surface area contributed by atoms with E-state index in [-0.39, 0.29) is 16.3 Å². The summed E-state index contributed by atoms with van der Waals surface area (Å²) in [5.41, 5.74) is -0.0827. The third-order valence-corrected chi connectivity index (χ3v) is 3.72. The van der Waals surface area contributed by atoms with Crippen molar-refractivity contribution in [2.45, 2.75) is 20.3 Å². The van der Waals surface area contributed by atoms with Crippen molar-refractivity contribution in [2.75, 3.05) is 12.4 Å². The predicted octanol–water partition coefficient (Wildman–Crippen LogP) is 3.04. The number of halogens is 1. The molecule has 1 N–H and O–H groups in total. The first-order valence-corrected chi connectivity index (χ1v) is 6.79. The molecule has 0 aromatic carbocycles. The molecule has 0 atom stereocenters. The van der Waals surface area contributed by atoms with Gasteiger partial charge in [0.2, 0.25) is 0 Å². The zero-order valence-corrected chi connectivity index (χ0v) is 11.8. The van der Waals surface area contributed by atoms with Gasteiger partial charge in [-0.05, 0) is 17.9 Å². The Labute approximate surface area is 114 Å². The molecule has 0 saturated heterocycles. The van der Waals surface area contributed by atoms with Crippen molar-refractivity contribution >= 4 is 33.8 Å². The van der Waals surface area contributed by atoms with Gasteiger partial charge in [-0.2, -0.15) is 0 Å². The summed E-state index contributed by atoms with van der Waals surface area (Å²) < 4.78 is 0. The summed E-state index contributed by atoms with van der Waals surface area (Å²) >= 11 is 6.55. The molecule has 1 aromatic rings. The molecule has 0 aliphatic rings. The summed E-state index contributed by atoms with van der Waals surface area (Å²) in [7, 11) is 0. The third-order valence-electron chi connectivity index (χ3n) is 2.49. The topological polar surface area (TPSA) is 72.2 Å². The molecule has 18 heavy (non-hydrogen) atoms. The first-order chi connectivity index (χ1) is 8.35. The zero-order valence-electron chi connectivity index (χ0n) is 10.2. The van der Waals surface area contributed by atoms with E-state index in [1.807, 2.05) is 13.8 Å². The Bertz CT molecular complexity index is 445. The van der Waals surface area contributed by atoms with E-state index in [0.717, 1.165) is 17.8 Å². The highest BCUT2D eigenvalue weighted by Gasteiger charge is 2.20. The molecule has 0 unspecified atom stereocenters. The van der Waals surface area contributed by atoms with Crippen LogP contribution < -0.4 is 5.32 Å². The minimum atomic E-state index is -0.501. The summed E-state index contributed by atoms with van der Waals surface area (Å²) in [5.74, 6) is 0.253. The minimum Gasteiger partial charge on any atom is -0.351 e. The number of thiophene rings is 1. The predicted molar refractivity (Wildman–Crippen MR) is 72.4 cm³/mol. The lowest BCUT2D eigenvalue weighted by Crippen LogP contribution is -2.33. The van der Waals surface area contributed by atoms with Gasteiger partial charge in [-0.3, -0.25) is 14.9 Å². The second-order valence-electron chi connectivity index (χ2n) is 4.68. The quantitative estimate of drug-likeness (QED) is 0.497. The van der Waals surface area contributed by atoms with Gasteiger partial charge in [-0.15, -0.1) is 11.6 Å². The number of amides is 1. The molecule has 1 aromatic heterocycles. The molecular weight excluding hydrogens is 276 g/mol. The van der Waals surface area contributed by atoms with Crippen LogP contribution in [0.1, 0.15) is 29.9 Å². The van der Waals surface area contributed by atoms with Crippen molar-refractivity contribution in [3.63, 3.8) is 0 Å². The number of nitro groups is 1. The summed E-state index contributed by atoms with van der Waals surface area (Å²) in [6.07, 6.45) is 0.791. The van der Waals surface area contributed by atoms with E-state index in [2.05, 4.69) is 5.32 Å². The van der Waals surface area contributed by atoms with Gasteiger partial charge in [0.1, 0.15) is 0 Å². The number of carbonyl (C=O) groups is 1. The summed E-state index contributed by atoms with van der Waals surface area (Å²) in [6, 6.07) is 2.80. The van der Waals surface area contributed by atoms with Crippen LogP contribution in [0.4, 0.5) is 5.00 Å². The van der Waals surface area contributed by atoms with Gasteiger partial charge in [0.15, 0.2) is 0 Å². The SMILES string of the molecule is CC(C)(CCCl)CNC(=O)c1ccc([N+](=O)[O-])s1. The van der Waals surface area contributed by atoms with Crippen LogP contribution in [0.2, 0.25) is 0 Å². The molecule has 1 rings (SSSR count). The zero-order chi connectivity index (χ0) is 13.8. The van der Waals surface area contributed by atoms with Crippen molar-refractivity contribution in [1.82, 2.24) is 5.32 Å². The molecule has 0 fully saturated rings. The van der Waals surface area contributed by atoms with Crippen molar-refractivity contribution in [1.29, 1.82) is 0 Å². The molecule has 0 radical (unpaired) electrons. The van der Waals surface area contributed by atoms with Gasteiger partial charge in [-0.1, -0.05) is 25.2 Å². The monoisotopic (exact) mass is 290 g/mol. The Morgan fingerprint density at radius 2 is 2.22 bits per heavy atom. The number of nitrogens with zero attached hydrogens (tertiary/aromatic N) is 1. The van der Waals surface area contributed by atoms with Gasteiger partial charge < -0.3 is 5.32 Å². The first-order valence-electron chi connectivity index (χ1n) is 5.44. The number of rotatable bonds is 6. The molecule has 7 heteroatoms. The van der Waals surface area contributed by atoms with Crippen molar-refractivity contribution in [3.8, 4) is 0 Å². The van der Waals surface area contributed by atoms with Gasteiger partial charge in [0.25, 0.3) is 5.91 Å². The van der Waals surface area contributed by atoms with Crippen LogP contribution in [0.25, 0.3) is 0 Å². The lowest BCUT2D eigenvalue weighted by atomic mass is 9.90. The van der Waals surface area contributed by atoms with Crippen molar-refractivity contribution in [2.24, 2.45) is 5.41 Å². The van der Waals surface area contributed by atoms with Crippen molar-refractivity contribution < 1.29 is 9.72 Å². The van der Waals surface area contributed by atoms with E-state index in [1.54, 1.807) is 0 Å². The van der Waals surface area contributed by atoms with E-state index in [0.29, 0.717) is 17.3 Å². The maximum Gasteiger partial charge on any atom is 0.324 e. The van der Waals surface area contributed by atoms with Gasteiger partial charge in [-0.25, -0.2) is 0 Å². The normalized spacial score (nSPS) is 11.3. The van der Waals surface area contributed by atoms with Crippen LogP contribution >= 0.6 is 22.9 Å². The average Bonchev–Trinajstić information content (AvgIpc) is 2.75. The molecule has 0 aliphatic carbocycles. The summed E-state index contributed by atoms with van der Waals surface area (Å²) in [4.78, 5) is 22.1. The Morgan fingerprint density at radius 3 is 2.72 bits per heavy atom. The standard InChI is InChI=1S/C11H15ClN2O3S/c1-11(2,5-6-12)7-13-10(15)8-3-4-9(18-8)14(16)17/h3-4H,5-7H2,1-2H3,(H,13,15). The van der Waals surface area contributed by atoms with Crippen LogP contribution in [0.5, 0.6) is 0 Å². The average molecular weight is 291 g/mol. The largest absolute Gasteiger partial charge is 0.351 e. The smallest absolute Gasteiger partial charge is 0.324 e. The van der Waals surface area contributed by atoms with Crippen LogP contribution in [0.3, 0.4) is 0 Å². The fourth-order valence-electron chi connectivity index (χ4n) is 1.30. The van der Waals surface area contributed by atoms with E-state index >= 15 is 0 Å². The number of hydrogen-bond acceptors (Lipinski definition) is 4. The fraction of sp³-hybridized carbons (Fsp3) is 0.545. The van der Waals surface area contributed by atoms with Gasteiger partial charge in [0, 0.05) is 18.5 Å². The van der Waals surface area contributed by atoms with E-state index in [1.165, 1.54) is 12.1 Å². The van der Waals surface area contributed by atoms with Crippen LogP contribution in [-0.2, 0) is 0 Å². The second kappa shape index (κ2) is 6.15. The maximum absolute atomic E-state index is 11.8. The molecule has 1 heterocycles. The first kappa shape index (κ1) is 14.9. The summed E-state index contributed by atoms with van der Waals surface area (Å²) in [6.45, 7) is 4.50. The van der Waals surface area contributed by atoms with Gasteiger partial charge >= 0.3 is 5.00 Å². The van der Waals surface area contributed by atoms with Crippen LogP contribution in [0, 0.1) is 15.5 Å². The number of carbonyl (C=O) groups excluding carboxylic acids is 1. The molecule has 0 bridgehead atoms. The Morgan fingerprint density at radius 1 is 1.56 bits per heavy atom. The highest BCUT2D eigenvalue weighted by atomic mass is 35.5. The highest BCUT2D eigenvalue weighted by molar-refractivity contribution is 7.17. The molecule has 0 spiro atoms. The van der Waals surface area contributed by atoms with Crippen LogP contribution in [0.15, 0.2) is 12.1 Å². The molecule has 0 aliphatic heterocycles. The number of alkyl halides is 1. The van der Waals surface area contributed by atoms with Crippen molar-refractivity contribution in [3.05, 3.63) is 27.1 Å². The van der Waals surface area contributed by atoms with E-state index in [9.17, 15) is 14.9 Å².